The van der Waals surface area contributed by atoms with Gasteiger partial charge in [0.05, 0.1) is 11.6 Å². The second-order valence-electron chi connectivity index (χ2n) is 5.24. The Bertz CT molecular complexity index is 830. The molecule has 1 aromatic heterocycles. The van der Waals surface area contributed by atoms with Gasteiger partial charge in [-0.15, -0.1) is 0 Å². The summed E-state index contributed by atoms with van der Waals surface area (Å²) in [5.41, 5.74) is -0.0514. The summed E-state index contributed by atoms with van der Waals surface area (Å²) in [6, 6.07) is 2.04. The Kier molecular flexibility index (Phi) is 3.96. The summed E-state index contributed by atoms with van der Waals surface area (Å²) < 4.78 is 37.5. The van der Waals surface area contributed by atoms with Crippen molar-refractivity contribution < 1.29 is 32.6 Å². The van der Waals surface area contributed by atoms with E-state index in [1.54, 1.807) is 6.92 Å². The molecule has 1 aliphatic heterocycles. The molecular formula is C16H13F2NO5. The van der Waals surface area contributed by atoms with Crippen LogP contribution in [0, 0.1) is 11.6 Å². The van der Waals surface area contributed by atoms with E-state index in [1.165, 1.54) is 0 Å². The highest BCUT2D eigenvalue weighted by molar-refractivity contribution is 5.96. The maximum absolute atomic E-state index is 13.9. The number of benzene rings is 1. The van der Waals surface area contributed by atoms with Gasteiger partial charge in [0.25, 0.3) is 5.91 Å². The van der Waals surface area contributed by atoms with Crippen molar-refractivity contribution in [3.8, 4) is 5.75 Å². The molecule has 24 heavy (non-hydrogen) atoms. The van der Waals surface area contributed by atoms with Crippen LogP contribution >= 0.6 is 0 Å². The number of fused-ring (bicyclic) bond motifs is 1. The molecule has 0 saturated carbocycles. The van der Waals surface area contributed by atoms with Gasteiger partial charge in [-0.25, -0.2) is 13.6 Å². The van der Waals surface area contributed by atoms with Crippen molar-refractivity contribution in [3.05, 3.63) is 52.5 Å². The monoisotopic (exact) mass is 337 g/mol. The van der Waals surface area contributed by atoms with Gasteiger partial charge >= 0.3 is 5.97 Å². The molecule has 1 amide bonds. The number of rotatable bonds is 4. The molecule has 2 aromatic rings. The van der Waals surface area contributed by atoms with Gasteiger partial charge in [0.15, 0.2) is 5.76 Å². The van der Waals surface area contributed by atoms with Crippen molar-refractivity contribution >= 4 is 11.9 Å². The zero-order valence-corrected chi connectivity index (χ0v) is 12.6. The highest BCUT2D eigenvalue weighted by Gasteiger charge is 2.31. The number of hydrogen-bond donors (Lipinski definition) is 2. The van der Waals surface area contributed by atoms with Crippen LogP contribution in [0.2, 0.25) is 0 Å². The number of halogens is 2. The third-order valence-electron chi connectivity index (χ3n) is 3.70. The van der Waals surface area contributed by atoms with Crippen molar-refractivity contribution in [3.63, 3.8) is 0 Å². The van der Waals surface area contributed by atoms with Crippen molar-refractivity contribution in [1.82, 2.24) is 5.32 Å². The molecule has 1 unspecified atom stereocenters. The normalized spacial score (nSPS) is 15.7. The topological polar surface area (TPSA) is 88.8 Å². The second-order valence-corrected chi connectivity index (χ2v) is 5.24. The second kappa shape index (κ2) is 5.95. The molecule has 1 atom stereocenters. The fraction of sp³-hybridized carbons (Fsp3) is 0.250. The van der Waals surface area contributed by atoms with Crippen LogP contribution in [0.3, 0.4) is 0 Å². The molecule has 6 nitrogen and oxygen atoms in total. The molecule has 0 spiro atoms. The van der Waals surface area contributed by atoms with E-state index < -0.39 is 29.6 Å². The highest BCUT2D eigenvalue weighted by Crippen LogP contribution is 2.35. The van der Waals surface area contributed by atoms with Gasteiger partial charge in [0.2, 0.25) is 0 Å². The van der Waals surface area contributed by atoms with Gasteiger partial charge in [-0.3, -0.25) is 4.79 Å². The summed E-state index contributed by atoms with van der Waals surface area (Å²) in [7, 11) is 0. The fourth-order valence-electron chi connectivity index (χ4n) is 2.60. The smallest absolute Gasteiger partial charge is 0.339 e. The van der Waals surface area contributed by atoms with Crippen LogP contribution in [-0.4, -0.2) is 23.6 Å². The molecule has 1 aliphatic rings. The number of aryl methyl sites for hydroxylation is 1. The minimum Gasteiger partial charge on any atom is -0.490 e. The van der Waals surface area contributed by atoms with Gasteiger partial charge in [-0.05, 0) is 0 Å². The Hall–Kier alpha value is -2.90. The van der Waals surface area contributed by atoms with Crippen molar-refractivity contribution in [2.75, 3.05) is 6.61 Å². The lowest BCUT2D eigenvalue weighted by Crippen LogP contribution is -2.29. The number of hydrogen-bond acceptors (Lipinski definition) is 4. The Balaban J connectivity index is 1.84. The van der Waals surface area contributed by atoms with Crippen LogP contribution in [0.25, 0.3) is 0 Å². The third-order valence-corrected chi connectivity index (χ3v) is 3.70. The third kappa shape index (κ3) is 2.70. The molecular weight excluding hydrogens is 324 g/mol. The molecule has 126 valence electrons. The van der Waals surface area contributed by atoms with Gasteiger partial charge in [-0.1, -0.05) is 6.92 Å². The minimum atomic E-state index is -1.20. The van der Waals surface area contributed by atoms with Crippen LogP contribution < -0.4 is 10.1 Å². The van der Waals surface area contributed by atoms with E-state index in [4.69, 9.17) is 14.3 Å². The van der Waals surface area contributed by atoms with Gasteiger partial charge in [0.1, 0.15) is 35.3 Å². The van der Waals surface area contributed by atoms with E-state index in [0.717, 1.165) is 12.1 Å². The number of amides is 1. The lowest BCUT2D eigenvalue weighted by molar-refractivity contribution is 0.0694. The number of carboxylic acids is 1. The standard InChI is InChI=1S/C16H13F2NO5/c1-2-11-8(16(21)22)5-13(24-11)15(20)19-10-6-23-12-4-7(17)3-9(18)14(10)12/h3-5,10H,2,6H2,1H3,(H,19,20)(H,21,22). The predicted octanol–water partition coefficient (Wildman–Crippen LogP) is 2.68. The SMILES string of the molecule is CCc1oc(C(=O)NC2COc3cc(F)cc(F)c32)cc1C(=O)O. The first kappa shape index (κ1) is 16.0. The lowest BCUT2D eigenvalue weighted by atomic mass is 10.1. The van der Waals surface area contributed by atoms with Crippen LogP contribution in [0.5, 0.6) is 5.75 Å². The number of aromatic carboxylic acids is 1. The first-order chi connectivity index (χ1) is 11.4. The maximum Gasteiger partial charge on any atom is 0.339 e. The summed E-state index contributed by atoms with van der Waals surface area (Å²) in [4.78, 5) is 23.3. The Morgan fingerprint density at radius 2 is 2.08 bits per heavy atom. The summed E-state index contributed by atoms with van der Waals surface area (Å²) in [5, 5.41) is 11.6. The number of furan rings is 1. The zero-order chi connectivity index (χ0) is 17.4. The average Bonchev–Trinajstić information content (AvgIpc) is 3.11. The van der Waals surface area contributed by atoms with Crippen molar-refractivity contribution in [2.24, 2.45) is 0 Å². The molecule has 2 heterocycles. The molecule has 0 radical (unpaired) electrons. The molecule has 0 fully saturated rings. The number of carboxylic acid groups (broad SMARTS) is 1. The Morgan fingerprint density at radius 1 is 1.33 bits per heavy atom. The van der Waals surface area contributed by atoms with Crippen LogP contribution in [0.1, 0.15) is 45.2 Å². The lowest BCUT2D eigenvalue weighted by Gasteiger charge is -2.11. The fourth-order valence-corrected chi connectivity index (χ4v) is 2.60. The Labute approximate surface area is 135 Å². The molecule has 1 aromatic carbocycles. The van der Waals surface area contributed by atoms with Crippen molar-refractivity contribution in [1.29, 1.82) is 0 Å². The number of carbonyl (C=O) groups excluding carboxylic acids is 1. The summed E-state index contributed by atoms with van der Waals surface area (Å²) in [6.45, 7) is 1.63. The molecule has 0 saturated heterocycles. The molecule has 3 rings (SSSR count). The van der Waals surface area contributed by atoms with E-state index in [-0.39, 0.29) is 35.0 Å². The zero-order valence-electron chi connectivity index (χ0n) is 12.6. The van der Waals surface area contributed by atoms with E-state index in [9.17, 15) is 18.4 Å². The summed E-state index contributed by atoms with van der Waals surface area (Å²) in [6.07, 6.45) is 0.304. The number of ether oxygens (including phenoxy) is 1. The minimum absolute atomic E-state index is 0.0257. The molecule has 2 N–H and O–H groups in total. The van der Waals surface area contributed by atoms with Gasteiger partial charge < -0.3 is 19.6 Å². The van der Waals surface area contributed by atoms with E-state index in [1.807, 2.05) is 0 Å². The number of carbonyl (C=O) groups is 2. The molecule has 8 heteroatoms. The van der Waals surface area contributed by atoms with Crippen molar-refractivity contribution in [2.45, 2.75) is 19.4 Å². The van der Waals surface area contributed by atoms with E-state index in [0.29, 0.717) is 12.5 Å². The summed E-state index contributed by atoms with van der Waals surface area (Å²) in [5.74, 6) is -3.51. The largest absolute Gasteiger partial charge is 0.490 e. The first-order valence-electron chi connectivity index (χ1n) is 7.19. The maximum atomic E-state index is 13.9. The van der Waals surface area contributed by atoms with Gasteiger partial charge in [-0.2, -0.15) is 0 Å². The Morgan fingerprint density at radius 3 is 2.71 bits per heavy atom. The highest BCUT2D eigenvalue weighted by atomic mass is 19.1. The quantitative estimate of drug-likeness (QED) is 0.895. The van der Waals surface area contributed by atoms with E-state index in [2.05, 4.69) is 5.32 Å². The molecule has 0 bridgehead atoms. The predicted molar refractivity (Wildman–Crippen MR) is 77.1 cm³/mol. The summed E-state index contributed by atoms with van der Waals surface area (Å²) >= 11 is 0. The average molecular weight is 337 g/mol. The van der Waals surface area contributed by atoms with E-state index >= 15 is 0 Å². The van der Waals surface area contributed by atoms with Gasteiger partial charge in [0, 0.05) is 24.6 Å². The van der Waals surface area contributed by atoms with Crippen LogP contribution in [0.4, 0.5) is 8.78 Å². The first-order valence-corrected chi connectivity index (χ1v) is 7.19. The molecule has 0 aliphatic carbocycles. The van der Waals surface area contributed by atoms with Crippen LogP contribution in [-0.2, 0) is 6.42 Å². The number of nitrogens with one attached hydrogen (secondary N) is 1. The van der Waals surface area contributed by atoms with Crippen LogP contribution in [0.15, 0.2) is 22.6 Å².